The van der Waals surface area contributed by atoms with Crippen LogP contribution >= 0.6 is 11.3 Å². The number of hydrogen-bond donors (Lipinski definition) is 2. The lowest BCUT2D eigenvalue weighted by molar-refractivity contribution is 0.0998. The fourth-order valence-electron chi connectivity index (χ4n) is 2.30. The molecule has 4 nitrogen and oxygen atoms in total. The first-order valence-corrected chi connectivity index (χ1v) is 7.57. The number of thiophene rings is 1. The van der Waals surface area contributed by atoms with Gasteiger partial charge in [-0.2, -0.15) is 0 Å². The summed E-state index contributed by atoms with van der Waals surface area (Å²) < 4.78 is 1.09. The maximum absolute atomic E-state index is 12.4. The predicted octanol–water partition coefficient (Wildman–Crippen LogP) is 3.56. The Morgan fingerprint density at radius 3 is 2.36 bits per heavy atom. The molecular weight excluding hydrogens is 296 g/mol. The Kier molecular flexibility index (Phi) is 3.65. The minimum Gasteiger partial charge on any atom is -0.366 e. The van der Waals surface area contributed by atoms with Crippen LogP contribution in [0.3, 0.4) is 0 Å². The molecule has 0 fully saturated rings. The summed E-state index contributed by atoms with van der Waals surface area (Å²) in [5, 5.41) is 3.94. The van der Waals surface area contributed by atoms with Gasteiger partial charge >= 0.3 is 0 Å². The van der Waals surface area contributed by atoms with Crippen molar-refractivity contribution in [3.05, 3.63) is 64.5 Å². The normalized spacial score (nSPS) is 10.6. The number of amides is 2. The van der Waals surface area contributed by atoms with E-state index in [0.717, 1.165) is 15.6 Å². The van der Waals surface area contributed by atoms with E-state index in [0.29, 0.717) is 16.1 Å². The number of carbonyl (C=O) groups excluding carboxylic acids is 2. The SMILES string of the molecule is Cc1c(C(=O)Nc2ccc(C(N)=O)cc2)sc2ccccc12. The zero-order valence-corrected chi connectivity index (χ0v) is 12.7. The van der Waals surface area contributed by atoms with Crippen LogP contribution in [-0.4, -0.2) is 11.8 Å². The van der Waals surface area contributed by atoms with Gasteiger partial charge in [0.2, 0.25) is 5.91 Å². The van der Waals surface area contributed by atoms with Crippen molar-refractivity contribution in [2.75, 3.05) is 5.32 Å². The molecule has 0 spiro atoms. The van der Waals surface area contributed by atoms with Gasteiger partial charge in [-0.05, 0) is 48.2 Å². The van der Waals surface area contributed by atoms with Crippen molar-refractivity contribution in [1.82, 2.24) is 0 Å². The molecule has 2 aromatic carbocycles. The van der Waals surface area contributed by atoms with E-state index < -0.39 is 5.91 Å². The Bertz CT molecular complexity index is 866. The highest BCUT2D eigenvalue weighted by atomic mass is 32.1. The zero-order chi connectivity index (χ0) is 15.7. The summed E-state index contributed by atoms with van der Waals surface area (Å²) in [7, 11) is 0. The molecule has 0 aliphatic heterocycles. The van der Waals surface area contributed by atoms with Gasteiger partial charge in [0.25, 0.3) is 5.91 Å². The number of nitrogens with one attached hydrogen (secondary N) is 1. The number of fused-ring (bicyclic) bond motifs is 1. The minimum absolute atomic E-state index is 0.148. The van der Waals surface area contributed by atoms with Crippen molar-refractivity contribution in [3.8, 4) is 0 Å². The predicted molar refractivity (Wildman–Crippen MR) is 89.5 cm³/mol. The first-order chi connectivity index (χ1) is 10.6. The average molecular weight is 310 g/mol. The van der Waals surface area contributed by atoms with E-state index in [1.807, 2.05) is 31.2 Å². The number of anilines is 1. The summed E-state index contributed by atoms with van der Waals surface area (Å²) in [4.78, 5) is 24.2. The maximum Gasteiger partial charge on any atom is 0.266 e. The summed E-state index contributed by atoms with van der Waals surface area (Å²) in [6, 6.07) is 14.5. The van der Waals surface area contributed by atoms with E-state index >= 15 is 0 Å². The van der Waals surface area contributed by atoms with Gasteiger partial charge in [-0.15, -0.1) is 11.3 Å². The van der Waals surface area contributed by atoms with Crippen LogP contribution in [-0.2, 0) is 0 Å². The molecule has 1 aromatic heterocycles. The highest BCUT2D eigenvalue weighted by Crippen LogP contribution is 2.31. The zero-order valence-electron chi connectivity index (χ0n) is 11.9. The van der Waals surface area contributed by atoms with Gasteiger partial charge in [0.1, 0.15) is 0 Å². The Morgan fingerprint density at radius 2 is 1.73 bits per heavy atom. The highest BCUT2D eigenvalue weighted by molar-refractivity contribution is 7.21. The molecular formula is C17H14N2O2S. The molecule has 0 saturated heterocycles. The van der Waals surface area contributed by atoms with Crippen LogP contribution in [0.5, 0.6) is 0 Å². The molecule has 0 saturated carbocycles. The number of hydrogen-bond acceptors (Lipinski definition) is 3. The monoisotopic (exact) mass is 310 g/mol. The third-order valence-corrected chi connectivity index (χ3v) is 4.75. The first kappa shape index (κ1) is 14.3. The molecule has 2 amide bonds. The molecule has 0 aliphatic rings. The number of aryl methyl sites for hydroxylation is 1. The van der Waals surface area contributed by atoms with Crippen LogP contribution in [0.4, 0.5) is 5.69 Å². The number of nitrogens with two attached hydrogens (primary N) is 1. The van der Waals surface area contributed by atoms with Gasteiger partial charge in [-0.1, -0.05) is 18.2 Å². The summed E-state index contributed by atoms with van der Waals surface area (Å²) >= 11 is 1.47. The van der Waals surface area contributed by atoms with Crippen LogP contribution in [0.1, 0.15) is 25.6 Å². The van der Waals surface area contributed by atoms with E-state index in [-0.39, 0.29) is 5.91 Å². The van der Waals surface area contributed by atoms with Crippen molar-refractivity contribution in [2.24, 2.45) is 5.73 Å². The van der Waals surface area contributed by atoms with Crippen LogP contribution in [0.25, 0.3) is 10.1 Å². The van der Waals surface area contributed by atoms with Crippen LogP contribution in [0.15, 0.2) is 48.5 Å². The molecule has 1 heterocycles. The van der Waals surface area contributed by atoms with E-state index in [9.17, 15) is 9.59 Å². The topological polar surface area (TPSA) is 72.2 Å². The third kappa shape index (κ3) is 2.58. The van der Waals surface area contributed by atoms with Crippen molar-refractivity contribution in [3.63, 3.8) is 0 Å². The van der Waals surface area contributed by atoms with Crippen molar-refractivity contribution in [2.45, 2.75) is 6.92 Å². The third-order valence-electron chi connectivity index (χ3n) is 3.48. The molecule has 0 bridgehead atoms. The Labute approximate surface area is 131 Å². The summed E-state index contributed by atoms with van der Waals surface area (Å²) in [6.45, 7) is 1.95. The summed E-state index contributed by atoms with van der Waals surface area (Å²) in [6.07, 6.45) is 0. The molecule has 110 valence electrons. The molecule has 0 aliphatic carbocycles. The Balaban J connectivity index is 1.87. The summed E-state index contributed by atoms with van der Waals surface area (Å²) in [5.41, 5.74) is 7.22. The van der Waals surface area contributed by atoms with Gasteiger partial charge in [-0.3, -0.25) is 9.59 Å². The quantitative estimate of drug-likeness (QED) is 0.776. The lowest BCUT2D eigenvalue weighted by atomic mass is 10.1. The number of benzene rings is 2. The van der Waals surface area contributed by atoms with Gasteiger partial charge in [-0.25, -0.2) is 0 Å². The van der Waals surface area contributed by atoms with Gasteiger partial charge in [0.05, 0.1) is 4.88 Å². The second-order valence-electron chi connectivity index (χ2n) is 4.95. The largest absolute Gasteiger partial charge is 0.366 e. The van der Waals surface area contributed by atoms with Crippen molar-refractivity contribution in [1.29, 1.82) is 0 Å². The molecule has 0 atom stereocenters. The van der Waals surface area contributed by atoms with E-state index in [1.165, 1.54) is 11.3 Å². The van der Waals surface area contributed by atoms with E-state index in [2.05, 4.69) is 5.32 Å². The summed E-state index contributed by atoms with van der Waals surface area (Å²) in [5.74, 6) is -0.635. The average Bonchev–Trinajstić information content (AvgIpc) is 2.85. The molecule has 3 aromatic rings. The van der Waals surface area contributed by atoms with E-state index in [4.69, 9.17) is 5.73 Å². The van der Waals surface area contributed by atoms with E-state index in [1.54, 1.807) is 24.3 Å². The minimum atomic E-state index is -0.488. The second-order valence-corrected chi connectivity index (χ2v) is 6.00. The highest BCUT2D eigenvalue weighted by Gasteiger charge is 2.15. The fraction of sp³-hybridized carbons (Fsp3) is 0.0588. The number of rotatable bonds is 3. The molecule has 0 unspecified atom stereocenters. The molecule has 3 rings (SSSR count). The lowest BCUT2D eigenvalue weighted by Gasteiger charge is -2.05. The van der Waals surface area contributed by atoms with Gasteiger partial charge < -0.3 is 11.1 Å². The van der Waals surface area contributed by atoms with Crippen LogP contribution in [0.2, 0.25) is 0 Å². The first-order valence-electron chi connectivity index (χ1n) is 6.75. The molecule has 3 N–H and O–H groups in total. The van der Waals surface area contributed by atoms with Crippen molar-refractivity contribution >= 4 is 38.9 Å². The number of primary amides is 1. The van der Waals surface area contributed by atoms with Crippen LogP contribution < -0.4 is 11.1 Å². The fourth-order valence-corrected chi connectivity index (χ4v) is 3.40. The smallest absolute Gasteiger partial charge is 0.266 e. The maximum atomic E-state index is 12.4. The second kappa shape index (κ2) is 5.61. The van der Waals surface area contributed by atoms with Crippen LogP contribution in [0, 0.1) is 6.92 Å². The van der Waals surface area contributed by atoms with Gasteiger partial charge in [0, 0.05) is 16.0 Å². The Hall–Kier alpha value is -2.66. The molecule has 0 radical (unpaired) electrons. The standard InChI is InChI=1S/C17H14N2O2S/c1-10-13-4-2-3-5-14(13)22-15(10)17(21)19-12-8-6-11(7-9-12)16(18)20/h2-9H,1H3,(H2,18,20)(H,19,21). The van der Waals surface area contributed by atoms with Crippen molar-refractivity contribution < 1.29 is 9.59 Å². The Morgan fingerprint density at radius 1 is 1.05 bits per heavy atom. The van der Waals surface area contributed by atoms with Gasteiger partial charge in [0.15, 0.2) is 0 Å². The number of carbonyl (C=O) groups is 2. The lowest BCUT2D eigenvalue weighted by Crippen LogP contribution is -2.13. The molecule has 22 heavy (non-hydrogen) atoms. The molecule has 5 heteroatoms.